The fraction of sp³-hybridized carbons (Fsp3) is 0.276. The van der Waals surface area contributed by atoms with Gasteiger partial charge in [-0.3, -0.25) is 13.2 Å². The fourth-order valence-corrected chi connectivity index (χ4v) is 16.6. The van der Waals surface area contributed by atoms with Gasteiger partial charge in [0.1, 0.15) is 68.6 Å². The van der Waals surface area contributed by atoms with Crippen molar-refractivity contribution in [2.24, 2.45) is 0 Å². The van der Waals surface area contributed by atoms with Crippen molar-refractivity contribution in [2.45, 2.75) is 150 Å². The van der Waals surface area contributed by atoms with E-state index in [4.69, 9.17) is 47.1 Å². The fourth-order valence-electron chi connectivity index (χ4n) is 16.6. The molecule has 0 aliphatic heterocycles. The number of fused-ring (bicyclic) bond motifs is 6. The summed E-state index contributed by atoms with van der Waals surface area (Å²) in [6, 6.07) is 66.5. The minimum atomic E-state index is 0.426. The Hall–Kier alpha value is -11.3. The molecule has 6 fully saturated rings. The Bertz CT molecular complexity index is 5700. The first kappa shape index (κ1) is 64.5. The topological polar surface area (TPSA) is 243 Å². The number of imidazole rings is 3. The molecule has 0 bridgehead atoms. The van der Waals surface area contributed by atoms with Crippen LogP contribution in [0, 0.1) is 0 Å². The van der Waals surface area contributed by atoms with Crippen molar-refractivity contribution < 1.29 is 0 Å². The Morgan fingerprint density at radius 3 is 0.886 bits per heavy atom. The zero-order chi connectivity index (χ0) is 70.1. The summed E-state index contributed by atoms with van der Waals surface area (Å²) < 4.78 is 6.46. The number of nitrogens with one attached hydrogen (secondary N) is 3. The third kappa shape index (κ3) is 12.7. The molecule has 0 radical (unpaired) electrons. The van der Waals surface area contributed by atoms with Gasteiger partial charge < -0.3 is 33.2 Å². The van der Waals surface area contributed by atoms with E-state index in [0.717, 1.165) is 185 Å². The molecule has 105 heavy (non-hydrogen) atoms. The van der Waals surface area contributed by atoms with E-state index in [1.165, 1.54) is 57.8 Å². The number of hydrogen-bond donors (Lipinski definition) is 6. The van der Waals surface area contributed by atoms with Crippen LogP contribution in [-0.2, 0) is 0 Å². The molecule has 6 aliphatic rings. The van der Waals surface area contributed by atoms with Gasteiger partial charge in [-0.05, 0) is 113 Å². The summed E-state index contributed by atoms with van der Waals surface area (Å²) in [5.74, 6) is 6.07. The third-order valence-corrected chi connectivity index (χ3v) is 22.9. The van der Waals surface area contributed by atoms with E-state index in [0.29, 0.717) is 59.4 Å². The monoisotopic (exact) mass is 1380 g/mol. The minimum Gasteiger partial charge on any atom is -0.382 e. The molecular weight excluding hydrogens is 1300 g/mol. The highest BCUT2D eigenvalue weighted by molar-refractivity contribution is 5.94. The first-order valence-electron chi connectivity index (χ1n) is 37.7. The third-order valence-electron chi connectivity index (χ3n) is 22.9. The quantitative estimate of drug-likeness (QED) is 0.0559. The van der Waals surface area contributed by atoms with Crippen LogP contribution in [0.2, 0.25) is 0 Å². The van der Waals surface area contributed by atoms with Crippen molar-refractivity contribution in [1.82, 2.24) is 74.0 Å². The van der Waals surface area contributed by atoms with Crippen molar-refractivity contribution in [3.63, 3.8) is 0 Å². The number of anilines is 3. The largest absolute Gasteiger partial charge is 0.382 e. The molecule has 0 spiro atoms. The van der Waals surface area contributed by atoms with Crippen LogP contribution in [0.25, 0.3) is 117 Å². The zero-order valence-electron chi connectivity index (χ0n) is 58.7. The Morgan fingerprint density at radius 1 is 0.295 bits per heavy atom. The SMILES string of the molecule is Nc1nccn2c(C3CC(NC4CC4)C3)nc(-c3ccc4ccc(-c5ccccc5)nc4c3)c12.Nc1nccn2c(C3CC(NC4CCC4)C3)nc(-c3ccc4ccc(-c5ccccc5)nc4c3)c12.Nc1nccn2c(C3CC(NC4CCCC4)C3)nc(-c3ccc4ccc(-c5ccccc5)nc4c3)c12. The van der Waals surface area contributed by atoms with Crippen molar-refractivity contribution in [3.05, 3.63) is 237 Å². The normalized spacial score (nSPS) is 20.1. The number of nitrogens with two attached hydrogens (primary N) is 3. The van der Waals surface area contributed by atoms with Gasteiger partial charge in [0.05, 0.1) is 33.6 Å². The molecule has 0 saturated heterocycles. The molecule has 6 aromatic carbocycles. The van der Waals surface area contributed by atoms with E-state index in [1.807, 2.05) is 73.2 Å². The number of aromatic nitrogens is 12. The Balaban J connectivity index is 0.000000108. The van der Waals surface area contributed by atoms with Gasteiger partial charge in [-0.2, -0.15) is 0 Å². The van der Waals surface area contributed by atoms with Crippen LogP contribution in [0.4, 0.5) is 17.5 Å². The van der Waals surface area contributed by atoms with E-state index in [1.54, 1.807) is 18.6 Å². The molecule has 9 N–H and O–H groups in total. The van der Waals surface area contributed by atoms with Crippen molar-refractivity contribution in [3.8, 4) is 67.5 Å². The average Bonchev–Trinajstić information content (AvgIpc) is 1.58. The standard InChI is InChI=1S/C30H30N6.C29H28N6.C28H26N6/c31-29-28-27(21-11-10-20-12-13-25(34-26(20)18-21)19-6-2-1-3-7-19)35-30(36(28)15-14-32-29)22-16-24(17-22)33-23-8-4-5-9-23;30-28-27-26(20-10-9-19-11-12-24(33-25(19)17-20)18-5-2-1-3-6-18)34-29(35(27)14-13-31-28)21-15-23(16-21)32-22-7-4-8-22;29-27-26-25(33-28(34(26)13-12-30-27)20-14-22(15-20)31-21-9-10-21)19-7-6-18-8-11-23(32-24(18)16-19)17-4-2-1-3-5-17/h1-3,6-7,10-15,18,22-24,33H,4-5,8-9,16-17H2,(H2,31,32);1-3,5-6,9-14,17,21-23,32H,4,7-8,15-16H2,(H2,30,31);1-8,11-13,16,20-22,31H,9-10,14-15H2,(H2,29,30). The predicted octanol–water partition coefficient (Wildman–Crippen LogP) is 16.7. The average molecular weight is 1380 g/mol. The molecule has 0 amide bonds. The minimum absolute atomic E-state index is 0.426. The molecule has 9 heterocycles. The number of pyridine rings is 3. The Labute approximate surface area is 609 Å². The van der Waals surface area contributed by atoms with Gasteiger partial charge in [0.25, 0.3) is 0 Å². The molecule has 9 aromatic heterocycles. The summed E-state index contributed by atoms with van der Waals surface area (Å²) in [4.78, 5) is 43.6. The lowest BCUT2D eigenvalue weighted by Gasteiger charge is -2.40. The summed E-state index contributed by atoms with van der Waals surface area (Å²) in [6.07, 6.45) is 30.1. The van der Waals surface area contributed by atoms with Gasteiger partial charge in [0, 0.05) is 141 Å². The van der Waals surface area contributed by atoms with Crippen LogP contribution in [0.3, 0.4) is 0 Å². The molecule has 522 valence electrons. The highest BCUT2D eigenvalue weighted by Crippen LogP contribution is 2.45. The molecule has 0 unspecified atom stereocenters. The summed E-state index contributed by atoms with van der Waals surface area (Å²) in [7, 11) is 0. The maximum absolute atomic E-state index is 6.42. The second kappa shape index (κ2) is 27.4. The maximum atomic E-state index is 6.42. The Kier molecular flexibility index (Phi) is 16.8. The van der Waals surface area contributed by atoms with E-state index in [2.05, 4.69) is 171 Å². The molecule has 6 saturated carbocycles. The lowest BCUT2D eigenvalue weighted by atomic mass is 9.78. The molecule has 6 aliphatic carbocycles. The molecule has 18 heteroatoms. The van der Waals surface area contributed by atoms with E-state index >= 15 is 0 Å². The number of nitrogen functional groups attached to an aromatic ring is 3. The van der Waals surface area contributed by atoms with Crippen LogP contribution in [0.1, 0.15) is 132 Å². The second-order valence-electron chi connectivity index (χ2n) is 29.9. The first-order valence-corrected chi connectivity index (χ1v) is 37.7. The van der Waals surface area contributed by atoms with Crippen molar-refractivity contribution in [2.75, 3.05) is 17.2 Å². The molecule has 21 rings (SSSR count). The zero-order valence-corrected chi connectivity index (χ0v) is 58.7. The number of hydrogen-bond acceptors (Lipinski definition) is 15. The van der Waals surface area contributed by atoms with E-state index in [-0.39, 0.29) is 0 Å². The van der Waals surface area contributed by atoms with Gasteiger partial charge in [-0.15, -0.1) is 0 Å². The van der Waals surface area contributed by atoms with Gasteiger partial charge in [0.2, 0.25) is 0 Å². The van der Waals surface area contributed by atoms with Crippen molar-refractivity contribution >= 4 is 66.7 Å². The van der Waals surface area contributed by atoms with Crippen LogP contribution in [-0.4, -0.2) is 94.3 Å². The molecular formula is C87H84N18. The van der Waals surface area contributed by atoms with Crippen LogP contribution < -0.4 is 33.2 Å². The van der Waals surface area contributed by atoms with Gasteiger partial charge in [-0.1, -0.05) is 165 Å². The summed E-state index contributed by atoms with van der Waals surface area (Å²) in [5.41, 5.74) is 36.6. The lowest BCUT2D eigenvalue weighted by Crippen LogP contribution is -2.48. The summed E-state index contributed by atoms with van der Waals surface area (Å²) >= 11 is 0. The van der Waals surface area contributed by atoms with Crippen molar-refractivity contribution in [1.29, 1.82) is 0 Å². The van der Waals surface area contributed by atoms with Crippen LogP contribution in [0.15, 0.2) is 219 Å². The highest BCUT2D eigenvalue weighted by atomic mass is 15.1. The molecule has 15 aromatic rings. The second-order valence-corrected chi connectivity index (χ2v) is 29.9. The van der Waals surface area contributed by atoms with Gasteiger partial charge in [0.15, 0.2) is 0 Å². The Morgan fingerprint density at radius 2 is 0.590 bits per heavy atom. The first-order chi connectivity index (χ1) is 51.7. The van der Waals surface area contributed by atoms with Gasteiger partial charge in [-0.25, -0.2) is 44.9 Å². The highest BCUT2D eigenvalue weighted by Gasteiger charge is 2.40. The maximum Gasteiger partial charge on any atom is 0.150 e. The number of rotatable bonds is 15. The van der Waals surface area contributed by atoms with Crippen LogP contribution in [0.5, 0.6) is 0 Å². The number of benzene rings is 6. The number of nitrogens with zero attached hydrogens (tertiary/aromatic N) is 12. The van der Waals surface area contributed by atoms with E-state index in [9.17, 15) is 0 Å². The summed E-state index contributed by atoms with van der Waals surface area (Å²) in [6.45, 7) is 0. The summed E-state index contributed by atoms with van der Waals surface area (Å²) in [5, 5.41) is 14.7. The molecule has 18 nitrogen and oxygen atoms in total. The van der Waals surface area contributed by atoms with Gasteiger partial charge >= 0.3 is 0 Å². The lowest BCUT2D eigenvalue weighted by molar-refractivity contribution is 0.215. The smallest absolute Gasteiger partial charge is 0.150 e. The van der Waals surface area contributed by atoms with E-state index < -0.39 is 0 Å². The molecule has 0 atom stereocenters. The predicted molar refractivity (Wildman–Crippen MR) is 420 cm³/mol. The van der Waals surface area contributed by atoms with Crippen LogP contribution >= 0.6 is 0 Å².